The molecular weight excluding hydrogens is 274 g/mol. The molecule has 0 saturated heterocycles. The Bertz CT molecular complexity index is 504. The Labute approximate surface area is 114 Å². The molecule has 1 heterocycles. The van der Waals surface area contributed by atoms with Crippen molar-refractivity contribution in [1.29, 1.82) is 0 Å². The first-order valence-corrected chi connectivity index (χ1v) is 5.54. The predicted octanol–water partition coefficient (Wildman–Crippen LogP) is 1.24. The van der Waals surface area contributed by atoms with E-state index in [0.29, 0.717) is 5.02 Å². The highest BCUT2D eigenvalue weighted by Crippen LogP contribution is 2.17. The van der Waals surface area contributed by atoms with Gasteiger partial charge in [-0.15, -0.1) is 0 Å². The van der Waals surface area contributed by atoms with Crippen molar-refractivity contribution in [3.05, 3.63) is 23.4 Å². The van der Waals surface area contributed by atoms with Crippen LogP contribution >= 0.6 is 11.6 Å². The van der Waals surface area contributed by atoms with Gasteiger partial charge in [-0.3, -0.25) is 10.2 Å². The Balaban J connectivity index is 2.86. The Morgan fingerprint density at radius 1 is 1.42 bits per heavy atom. The van der Waals surface area contributed by atoms with Gasteiger partial charge in [0.2, 0.25) is 0 Å². The molecular formula is C11H12ClN3O4. The van der Waals surface area contributed by atoms with Gasteiger partial charge in [0.05, 0.1) is 25.7 Å². The summed E-state index contributed by atoms with van der Waals surface area (Å²) in [6.07, 6.45) is 1.18. The van der Waals surface area contributed by atoms with Gasteiger partial charge in [0, 0.05) is 6.20 Å². The lowest BCUT2D eigenvalue weighted by molar-refractivity contribution is -0.140. The van der Waals surface area contributed by atoms with E-state index in [4.69, 9.17) is 11.6 Å². The molecule has 0 spiro atoms. The van der Waals surface area contributed by atoms with Gasteiger partial charge in [0.1, 0.15) is 0 Å². The average Bonchev–Trinajstić information content (AvgIpc) is 2.43. The number of carbonyl (C=O) groups excluding carboxylic acids is 2. The maximum absolute atomic E-state index is 11.4. The molecule has 0 unspecified atom stereocenters. The fraction of sp³-hybridized carbons (Fsp3) is 0.273. The molecule has 19 heavy (non-hydrogen) atoms. The van der Waals surface area contributed by atoms with Gasteiger partial charge in [-0.25, -0.2) is 9.78 Å². The zero-order chi connectivity index (χ0) is 14.3. The van der Waals surface area contributed by atoms with Crippen LogP contribution in [0.1, 0.15) is 6.42 Å². The molecule has 0 aliphatic carbocycles. The van der Waals surface area contributed by atoms with Gasteiger partial charge in [-0.05, 0) is 12.1 Å². The molecule has 0 saturated carbocycles. The second-order valence-corrected chi connectivity index (χ2v) is 3.66. The van der Waals surface area contributed by atoms with Crippen molar-refractivity contribution < 1.29 is 19.1 Å². The van der Waals surface area contributed by atoms with Gasteiger partial charge >= 0.3 is 11.9 Å². The number of nitrogens with zero attached hydrogens (tertiary/aromatic N) is 2. The minimum atomic E-state index is -0.745. The normalized spacial score (nSPS) is 10.8. The maximum Gasteiger partial charge on any atom is 0.354 e. The second-order valence-electron chi connectivity index (χ2n) is 3.25. The highest BCUT2D eigenvalue weighted by molar-refractivity contribution is 6.39. The van der Waals surface area contributed by atoms with Crippen molar-refractivity contribution in [2.45, 2.75) is 6.42 Å². The molecule has 0 aromatic carbocycles. The summed E-state index contributed by atoms with van der Waals surface area (Å²) in [5.74, 6) is -1.10. The number of rotatable bonds is 5. The SMILES string of the molecule is COC(=O)C/C(=N/Nc1ncccc1Cl)C(=O)OC. The molecule has 8 heteroatoms. The first-order valence-electron chi connectivity index (χ1n) is 5.16. The summed E-state index contributed by atoms with van der Waals surface area (Å²) in [4.78, 5) is 26.5. The van der Waals surface area contributed by atoms with E-state index in [1.54, 1.807) is 12.1 Å². The van der Waals surface area contributed by atoms with Crippen molar-refractivity contribution in [1.82, 2.24) is 4.98 Å². The molecule has 0 radical (unpaired) electrons. The molecule has 1 aromatic rings. The highest BCUT2D eigenvalue weighted by Gasteiger charge is 2.17. The third-order valence-electron chi connectivity index (χ3n) is 2.02. The number of anilines is 1. The lowest BCUT2D eigenvalue weighted by Crippen LogP contribution is -2.21. The summed E-state index contributed by atoms with van der Waals surface area (Å²) in [7, 11) is 2.39. The molecule has 1 rings (SSSR count). The fourth-order valence-electron chi connectivity index (χ4n) is 1.07. The van der Waals surface area contributed by atoms with Crippen LogP contribution in [0.15, 0.2) is 23.4 Å². The number of aromatic nitrogens is 1. The molecule has 1 N–H and O–H groups in total. The molecule has 7 nitrogen and oxygen atoms in total. The van der Waals surface area contributed by atoms with Crippen LogP contribution in [-0.2, 0) is 19.1 Å². The smallest absolute Gasteiger partial charge is 0.354 e. The zero-order valence-corrected chi connectivity index (χ0v) is 11.1. The highest BCUT2D eigenvalue weighted by atomic mass is 35.5. The summed E-state index contributed by atoms with van der Waals surface area (Å²) >= 11 is 5.85. The first-order chi connectivity index (χ1) is 9.08. The van der Waals surface area contributed by atoms with E-state index in [1.807, 2.05) is 0 Å². The van der Waals surface area contributed by atoms with Crippen molar-refractivity contribution >= 4 is 35.1 Å². The molecule has 0 atom stereocenters. The van der Waals surface area contributed by atoms with Crippen LogP contribution < -0.4 is 5.43 Å². The molecule has 102 valence electrons. The van der Waals surface area contributed by atoms with E-state index >= 15 is 0 Å². The van der Waals surface area contributed by atoms with Crippen LogP contribution in [0.5, 0.6) is 0 Å². The van der Waals surface area contributed by atoms with Crippen LogP contribution in [0.4, 0.5) is 5.82 Å². The van der Waals surface area contributed by atoms with Crippen molar-refractivity contribution in [3.8, 4) is 0 Å². The maximum atomic E-state index is 11.4. The van der Waals surface area contributed by atoms with Crippen LogP contribution in [0, 0.1) is 0 Å². The zero-order valence-electron chi connectivity index (χ0n) is 10.3. The molecule has 0 aliphatic heterocycles. The van der Waals surface area contributed by atoms with Crippen molar-refractivity contribution in [2.75, 3.05) is 19.6 Å². The van der Waals surface area contributed by atoms with Crippen molar-refractivity contribution in [3.63, 3.8) is 0 Å². The number of hydrogen-bond donors (Lipinski definition) is 1. The lowest BCUT2D eigenvalue weighted by Gasteiger charge is -2.05. The van der Waals surface area contributed by atoms with Gasteiger partial charge in [0.15, 0.2) is 11.5 Å². The summed E-state index contributed by atoms with van der Waals surface area (Å²) in [5.41, 5.74) is 2.35. The monoisotopic (exact) mass is 285 g/mol. The molecule has 0 fully saturated rings. The summed E-state index contributed by atoms with van der Waals surface area (Å²) < 4.78 is 8.96. The molecule has 1 aromatic heterocycles. The largest absolute Gasteiger partial charge is 0.469 e. The molecule has 0 amide bonds. The number of hydrogen-bond acceptors (Lipinski definition) is 7. The van der Waals surface area contributed by atoms with E-state index < -0.39 is 11.9 Å². The van der Waals surface area contributed by atoms with Crippen LogP contribution in [0.2, 0.25) is 5.02 Å². The lowest BCUT2D eigenvalue weighted by atomic mass is 10.3. The number of hydrazone groups is 1. The standard InChI is InChI=1S/C11H12ClN3O4/c1-18-9(16)6-8(11(17)19-2)14-15-10-7(12)4-3-5-13-10/h3-5H,6H2,1-2H3,(H,13,15)/b14-8-. The van der Waals surface area contributed by atoms with Gasteiger partial charge < -0.3 is 9.47 Å². The number of nitrogens with one attached hydrogen (secondary N) is 1. The Hall–Kier alpha value is -2.15. The minimum absolute atomic E-state index is 0.143. The Kier molecular flexibility index (Phi) is 5.74. The van der Waals surface area contributed by atoms with Crippen LogP contribution in [-0.4, -0.2) is 36.9 Å². The topological polar surface area (TPSA) is 89.9 Å². The van der Waals surface area contributed by atoms with Crippen LogP contribution in [0.25, 0.3) is 0 Å². The van der Waals surface area contributed by atoms with Gasteiger partial charge in [-0.1, -0.05) is 11.6 Å². The third-order valence-corrected chi connectivity index (χ3v) is 2.32. The summed E-state index contributed by atoms with van der Waals surface area (Å²) in [5, 5.41) is 4.09. The quantitative estimate of drug-likeness (QED) is 0.497. The molecule has 0 bridgehead atoms. The predicted molar refractivity (Wildman–Crippen MR) is 69.0 cm³/mol. The van der Waals surface area contributed by atoms with E-state index in [-0.39, 0.29) is 18.0 Å². The number of halogens is 1. The van der Waals surface area contributed by atoms with E-state index in [0.717, 1.165) is 0 Å². The van der Waals surface area contributed by atoms with E-state index in [9.17, 15) is 9.59 Å². The number of ether oxygens (including phenoxy) is 2. The van der Waals surface area contributed by atoms with E-state index in [1.165, 1.54) is 20.4 Å². The van der Waals surface area contributed by atoms with Gasteiger partial charge in [-0.2, -0.15) is 5.10 Å². The van der Waals surface area contributed by atoms with Gasteiger partial charge in [0.25, 0.3) is 0 Å². The Morgan fingerprint density at radius 3 is 2.74 bits per heavy atom. The second kappa shape index (κ2) is 7.32. The van der Waals surface area contributed by atoms with E-state index in [2.05, 4.69) is 25.0 Å². The summed E-state index contributed by atoms with van der Waals surface area (Å²) in [6, 6.07) is 3.25. The number of methoxy groups -OCH3 is 2. The first kappa shape index (κ1) is 14.9. The van der Waals surface area contributed by atoms with Crippen molar-refractivity contribution in [2.24, 2.45) is 5.10 Å². The fourth-order valence-corrected chi connectivity index (χ4v) is 1.24. The van der Waals surface area contributed by atoms with Crippen LogP contribution in [0.3, 0.4) is 0 Å². The minimum Gasteiger partial charge on any atom is -0.469 e. The third kappa shape index (κ3) is 4.55. The summed E-state index contributed by atoms with van der Waals surface area (Å²) in [6.45, 7) is 0. The number of carbonyl (C=O) groups is 2. The Morgan fingerprint density at radius 2 is 2.16 bits per heavy atom. The average molecular weight is 286 g/mol. The molecule has 0 aliphatic rings. The number of esters is 2. The number of pyridine rings is 1.